The van der Waals surface area contributed by atoms with Crippen LogP contribution in [0.15, 0.2) is 72.8 Å². The van der Waals surface area contributed by atoms with Crippen LogP contribution in [0.25, 0.3) is 0 Å². The second kappa shape index (κ2) is 10.5. The van der Waals surface area contributed by atoms with E-state index in [-0.39, 0.29) is 49.1 Å². The van der Waals surface area contributed by atoms with E-state index in [1.165, 1.54) is 30.3 Å². The Morgan fingerprint density at radius 2 is 1.19 bits per heavy atom. The summed E-state index contributed by atoms with van der Waals surface area (Å²) in [4.78, 5) is 53.7. The van der Waals surface area contributed by atoms with Gasteiger partial charge in [-0.25, -0.2) is 0 Å². The Labute approximate surface area is 258 Å². The zero-order valence-electron chi connectivity index (χ0n) is 23.8. The molecule has 2 aliphatic rings. The summed E-state index contributed by atoms with van der Waals surface area (Å²) in [5.41, 5.74) is 5.55. The van der Waals surface area contributed by atoms with Gasteiger partial charge >= 0.3 is 0 Å². The molecular weight excluding hydrogens is 612 g/mol. The van der Waals surface area contributed by atoms with Crippen LogP contribution in [0.2, 0.25) is 0 Å². The molecule has 210 valence electrons. The van der Waals surface area contributed by atoms with Crippen molar-refractivity contribution in [3.05, 3.63) is 123 Å². The molecule has 8 heteroatoms. The van der Waals surface area contributed by atoms with Crippen LogP contribution in [0.1, 0.15) is 77.5 Å². The van der Waals surface area contributed by atoms with Crippen molar-refractivity contribution in [2.45, 2.75) is 33.1 Å². The molecule has 7 nitrogen and oxygen atoms in total. The fourth-order valence-corrected chi connectivity index (χ4v) is 5.31. The van der Waals surface area contributed by atoms with Gasteiger partial charge in [-0.3, -0.25) is 29.0 Å². The Balaban J connectivity index is 0.00000353. The number of ether oxygens (including phenoxy) is 1. The number of fused-ring (bicyclic) bond motifs is 2. The molecule has 0 saturated heterocycles. The van der Waals surface area contributed by atoms with Crippen molar-refractivity contribution in [1.29, 1.82) is 0 Å². The second-order valence-electron chi connectivity index (χ2n) is 11.0. The number of benzene rings is 4. The van der Waals surface area contributed by atoms with E-state index >= 15 is 0 Å². The smallest absolute Gasteiger partial charge is 0.264 e. The van der Waals surface area contributed by atoms with Crippen LogP contribution in [0.3, 0.4) is 0 Å². The van der Waals surface area contributed by atoms with Crippen molar-refractivity contribution in [3.8, 4) is 11.5 Å². The Kier molecular flexibility index (Phi) is 7.28. The summed E-state index contributed by atoms with van der Waals surface area (Å²) in [5, 5.41) is 0. The number of carbonyl (C=O) groups excluding carboxylic acids is 4. The largest absolute Gasteiger partial charge is 0.457 e. The molecule has 6 rings (SSSR count). The Hall–Kier alpha value is -4.35. The quantitative estimate of drug-likeness (QED) is 0.147. The van der Waals surface area contributed by atoms with Gasteiger partial charge in [-0.2, -0.15) is 18.2 Å². The van der Waals surface area contributed by atoms with Crippen molar-refractivity contribution in [2.24, 2.45) is 0 Å². The van der Waals surface area contributed by atoms with E-state index in [0.29, 0.717) is 22.7 Å². The molecule has 4 aromatic rings. The fraction of sp³-hybridized carbons (Fsp3) is 0.176. The summed E-state index contributed by atoms with van der Waals surface area (Å²) in [6.45, 7) is 8.39. The maximum atomic E-state index is 13.5. The first-order chi connectivity index (χ1) is 19.5. The van der Waals surface area contributed by atoms with Gasteiger partial charge in [-0.1, -0.05) is 37.7 Å². The van der Waals surface area contributed by atoms with Crippen LogP contribution in [0, 0.1) is 19.9 Å². The van der Waals surface area contributed by atoms with Gasteiger partial charge in [0, 0.05) is 28.1 Å². The third-order valence-corrected chi connectivity index (χ3v) is 8.13. The summed E-state index contributed by atoms with van der Waals surface area (Å²) in [7, 11) is 1.43. The van der Waals surface area contributed by atoms with Crippen LogP contribution in [-0.2, 0) is 26.5 Å². The van der Waals surface area contributed by atoms with Gasteiger partial charge < -0.3 is 4.74 Å². The van der Waals surface area contributed by atoms with Crippen molar-refractivity contribution >= 4 is 29.3 Å². The topological polar surface area (TPSA) is 84.0 Å². The average Bonchev–Trinajstić information content (AvgIpc) is 3.33. The molecule has 0 fully saturated rings. The zero-order valence-corrected chi connectivity index (χ0v) is 25.8. The molecule has 0 N–H and O–H groups in total. The van der Waals surface area contributed by atoms with Crippen LogP contribution >= 0.6 is 0 Å². The standard InChI is InChI=1S/C34H27N2O5.Mo/c1-19-9-10-22(15-20(19)2)34(3,4)21-7-6-8-23(16-21)36-32(39)27-14-12-25(18-29(27)33(36)40)41-24-11-13-26-28(17-24)31(38)35(5)30(26)37;/h6-7,9-18H,1-5H3;/q-1;. The molecule has 4 aromatic carbocycles. The van der Waals surface area contributed by atoms with Crippen molar-refractivity contribution in [1.82, 2.24) is 4.90 Å². The normalized spacial score (nSPS) is 14.2. The first-order valence-electron chi connectivity index (χ1n) is 13.2. The third kappa shape index (κ3) is 4.58. The molecular formula is C34H27MoN2O5-. The molecule has 0 saturated carbocycles. The van der Waals surface area contributed by atoms with Crippen LogP contribution in [0.5, 0.6) is 11.5 Å². The second-order valence-corrected chi connectivity index (χ2v) is 11.0. The summed E-state index contributed by atoms with van der Waals surface area (Å²) < 4.78 is 5.93. The molecule has 0 aromatic heterocycles. The first-order valence-corrected chi connectivity index (χ1v) is 13.2. The third-order valence-electron chi connectivity index (χ3n) is 8.13. The van der Waals surface area contributed by atoms with Gasteiger partial charge in [0.15, 0.2) is 0 Å². The Bertz CT molecular complexity index is 1830. The number of rotatable bonds is 5. The van der Waals surface area contributed by atoms with Gasteiger partial charge in [0.05, 0.1) is 22.3 Å². The number of hydrogen-bond donors (Lipinski definition) is 0. The van der Waals surface area contributed by atoms with Crippen LogP contribution in [-0.4, -0.2) is 35.6 Å². The summed E-state index contributed by atoms with van der Waals surface area (Å²) in [5.74, 6) is -1.01. The zero-order chi connectivity index (χ0) is 29.2. The maximum absolute atomic E-state index is 13.5. The monoisotopic (exact) mass is 641 g/mol. The molecule has 4 amide bonds. The summed E-state index contributed by atoms with van der Waals surface area (Å²) in [6.07, 6.45) is 0. The van der Waals surface area contributed by atoms with Crippen LogP contribution < -0.4 is 9.64 Å². The SMILES string of the molecule is Cc1ccc(C(C)(C)c2cc[c-]c(N3C(=O)c4ccc(Oc5ccc6c(c5)C(=O)N(C)C6=O)cc4C3=O)c2)cc1C.[Mo]. The van der Waals surface area contributed by atoms with Gasteiger partial charge in [-0.15, -0.1) is 11.6 Å². The fourth-order valence-electron chi connectivity index (χ4n) is 5.31. The van der Waals surface area contributed by atoms with E-state index < -0.39 is 17.7 Å². The van der Waals surface area contributed by atoms with Gasteiger partial charge in [-0.05, 0) is 72.4 Å². The van der Waals surface area contributed by atoms with Crippen molar-refractivity contribution < 1.29 is 45.0 Å². The van der Waals surface area contributed by atoms with E-state index in [1.54, 1.807) is 30.3 Å². The van der Waals surface area contributed by atoms with Crippen molar-refractivity contribution in [2.75, 3.05) is 11.9 Å². The molecule has 0 spiro atoms. The van der Waals surface area contributed by atoms with E-state index in [9.17, 15) is 19.2 Å². The predicted molar refractivity (Wildman–Crippen MR) is 154 cm³/mol. The molecule has 2 aliphatic heterocycles. The molecule has 0 aliphatic carbocycles. The first kappa shape index (κ1) is 29.2. The number of imide groups is 2. The number of anilines is 1. The van der Waals surface area contributed by atoms with E-state index in [0.717, 1.165) is 20.9 Å². The van der Waals surface area contributed by atoms with Gasteiger partial charge in [0.2, 0.25) is 0 Å². The molecule has 0 bridgehead atoms. The van der Waals surface area contributed by atoms with Crippen molar-refractivity contribution in [3.63, 3.8) is 0 Å². The Morgan fingerprint density at radius 1 is 0.643 bits per heavy atom. The van der Waals surface area contributed by atoms with Gasteiger partial charge in [0.25, 0.3) is 23.6 Å². The molecule has 2 heterocycles. The molecule has 0 atom stereocenters. The van der Waals surface area contributed by atoms with E-state index in [2.05, 4.69) is 52.0 Å². The van der Waals surface area contributed by atoms with E-state index in [1.807, 2.05) is 12.1 Å². The molecule has 42 heavy (non-hydrogen) atoms. The van der Waals surface area contributed by atoms with E-state index in [4.69, 9.17) is 4.74 Å². The average molecular weight is 640 g/mol. The number of aryl methyl sites for hydroxylation is 2. The van der Waals surface area contributed by atoms with Crippen LogP contribution in [0.4, 0.5) is 5.69 Å². The number of nitrogens with zero attached hydrogens (tertiary/aromatic N) is 2. The summed E-state index contributed by atoms with van der Waals surface area (Å²) in [6, 6.07) is 24.3. The van der Waals surface area contributed by atoms with Gasteiger partial charge in [0.1, 0.15) is 11.5 Å². The minimum atomic E-state index is -0.468. The predicted octanol–water partition coefficient (Wildman–Crippen LogP) is 6.25. The maximum Gasteiger partial charge on any atom is 0.264 e. The number of hydrogen-bond acceptors (Lipinski definition) is 5. The number of amides is 4. The number of carbonyl (C=O) groups is 4. The molecule has 0 unspecified atom stereocenters. The molecule has 0 radical (unpaired) electrons. The summed E-state index contributed by atoms with van der Waals surface area (Å²) >= 11 is 0. The minimum absolute atomic E-state index is 0. The Morgan fingerprint density at radius 3 is 1.83 bits per heavy atom. The minimum Gasteiger partial charge on any atom is -0.457 e.